The minimum atomic E-state index is -0.224. The van der Waals surface area contributed by atoms with Gasteiger partial charge >= 0.3 is 0 Å². The van der Waals surface area contributed by atoms with Crippen LogP contribution in [0.5, 0.6) is 0 Å². The summed E-state index contributed by atoms with van der Waals surface area (Å²) < 4.78 is 5.30. The molecule has 0 saturated heterocycles. The van der Waals surface area contributed by atoms with E-state index in [0.29, 0.717) is 5.82 Å². The van der Waals surface area contributed by atoms with E-state index in [1.165, 1.54) is 6.39 Å². The van der Waals surface area contributed by atoms with Crippen LogP contribution in [0.2, 0.25) is 0 Å². The summed E-state index contributed by atoms with van der Waals surface area (Å²) in [7, 11) is 0. The van der Waals surface area contributed by atoms with Gasteiger partial charge in [-0.3, -0.25) is 0 Å². The molecule has 1 atom stereocenters. The van der Waals surface area contributed by atoms with E-state index in [4.69, 9.17) is 4.42 Å². The summed E-state index contributed by atoms with van der Waals surface area (Å²) in [5, 5.41) is 9.21. The van der Waals surface area contributed by atoms with Crippen molar-refractivity contribution in [1.29, 1.82) is 5.26 Å². The normalized spacial score (nSPS) is 12.7. The molecule has 5 nitrogen and oxygen atoms in total. The number of benzene rings is 1. The molecule has 2 heterocycles. The van der Waals surface area contributed by atoms with Gasteiger partial charge in [0.2, 0.25) is 0 Å². The van der Waals surface area contributed by atoms with Crippen LogP contribution in [0.3, 0.4) is 0 Å². The van der Waals surface area contributed by atoms with Crippen molar-refractivity contribution in [3.05, 3.63) is 36.6 Å². The van der Waals surface area contributed by atoms with Crippen molar-refractivity contribution in [1.82, 2.24) is 15.0 Å². The molecule has 1 N–H and O–H groups in total. The second-order valence-electron chi connectivity index (χ2n) is 5.07. The van der Waals surface area contributed by atoms with Crippen LogP contribution in [-0.4, -0.2) is 15.0 Å². The third-order valence-electron chi connectivity index (χ3n) is 3.34. The SMILES string of the molecule is CC(C)C(C#N)c1ncc(-c2ccc3ncoc3c2)[nH]1. The minimum absolute atomic E-state index is 0.218. The lowest BCUT2D eigenvalue weighted by molar-refractivity contribution is 0.566. The first-order valence-corrected chi connectivity index (χ1v) is 6.47. The summed E-state index contributed by atoms with van der Waals surface area (Å²) >= 11 is 0. The molecule has 20 heavy (non-hydrogen) atoms. The zero-order valence-electron chi connectivity index (χ0n) is 11.3. The van der Waals surface area contributed by atoms with Gasteiger partial charge in [-0.05, 0) is 18.1 Å². The van der Waals surface area contributed by atoms with Crippen molar-refractivity contribution in [2.45, 2.75) is 19.8 Å². The van der Waals surface area contributed by atoms with E-state index in [1.54, 1.807) is 6.20 Å². The maximum absolute atomic E-state index is 9.21. The number of hydrogen-bond acceptors (Lipinski definition) is 4. The summed E-state index contributed by atoms with van der Waals surface area (Å²) in [5.74, 6) is 0.698. The quantitative estimate of drug-likeness (QED) is 0.787. The van der Waals surface area contributed by atoms with E-state index < -0.39 is 0 Å². The lowest BCUT2D eigenvalue weighted by atomic mass is 9.97. The average Bonchev–Trinajstić information content (AvgIpc) is 3.06. The Morgan fingerprint density at radius 2 is 2.15 bits per heavy atom. The first-order chi connectivity index (χ1) is 9.69. The number of imidazole rings is 1. The van der Waals surface area contributed by atoms with Gasteiger partial charge in [-0.1, -0.05) is 19.9 Å². The number of nitrogens with zero attached hydrogens (tertiary/aromatic N) is 3. The number of H-pyrrole nitrogens is 1. The number of rotatable bonds is 3. The van der Waals surface area contributed by atoms with E-state index >= 15 is 0 Å². The van der Waals surface area contributed by atoms with E-state index in [9.17, 15) is 5.26 Å². The third-order valence-corrected chi connectivity index (χ3v) is 3.34. The number of fused-ring (bicyclic) bond motifs is 1. The van der Waals surface area contributed by atoms with Crippen LogP contribution in [0.25, 0.3) is 22.4 Å². The molecule has 100 valence electrons. The largest absolute Gasteiger partial charge is 0.443 e. The maximum atomic E-state index is 9.21. The van der Waals surface area contributed by atoms with Crippen LogP contribution < -0.4 is 0 Å². The first-order valence-electron chi connectivity index (χ1n) is 6.47. The molecular weight excluding hydrogens is 252 g/mol. The molecule has 1 unspecified atom stereocenters. The van der Waals surface area contributed by atoms with Crippen molar-refractivity contribution < 1.29 is 4.42 Å². The molecule has 0 amide bonds. The average molecular weight is 266 g/mol. The number of oxazole rings is 1. The Morgan fingerprint density at radius 1 is 1.30 bits per heavy atom. The lowest BCUT2D eigenvalue weighted by Crippen LogP contribution is -2.05. The fourth-order valence-electron chi connectivity index (χ4n) is 2.19. The molecule has 0 aliphatic rings. The minimum Gasteiger partial charge on any atom is -0.443 e. The molecule has 3 rings (SSSR count). The van der Waals surface area contributed by atoms with E-state index in [2.05, 4.69) is 21.0 Å². The predicted molar refractivity (Wildman–Crippen MR) is 74.8 cm³/mol. The van der Waals surface area contributed by atoms with Gasteiger partial charge in [-0.25, -0.2) is 9.97 Å². The summed E-state index contributed by atoms with van der Waals surface area (Å²) in [5.41, 5.74) is 3.40. The zero-order chi connectivity index (χ0) is 14.1. The topological polar surface area (TPSA) is 78.5 Å². The molecule has 0 radical (unpaired) electrons. The Kier molecular flexibility index (Phi) is 2.99. The van der Waals surface area contributed by atoms with E-state index in [-0.39, 0.29) is 11.8 Å². The second-order valence-corrected chi connectivity index (χ2v) is 5.07. The predicted octanol–water partition coefficient (Wildman–Crippen LogP) is 3.48. The number of aromatic nitrogens is 3. The number of hydrogen-bond donors (Lipinski definition) is 1. The second kappa shape index (κ2) is 4.82. The van der Waals surface area contributed by atoms with Gasteiger partial charge in [0.15, 0.2) is 12.0 Å². The molecule has 0 aliphatic heterocycles. The molecule has 0 saturated carbocycles. The summed E-state index contributed by atoms with van der Waals surface area (Å²) in [4.78, 5) is 11.6. The Hall–Kier alpha value is -2.61. The van der Waals surface area contributed by atoms with Crippen LogP contribution in [-0.2, 0) is 0 Å². The van der Waals surface area contributed by atoms with Crippen molar-refractivity contribution in [2.75, 3.05) is 0 Å². The molecule has 1 aromatic carbocycles. The van der Waals surface area contributed by atoms with Crippen LogP contribution >= 0.6 is 0 Å². The van der Waals surface area contributed by atoms with Crippen LogP contribution in [0, 0.1) is 17.2 Å². The fourth-order valence-corrected chi connectivity index (χ4v) is 2.19. The summed E-state index contributed by atoms with van der Waals surface area (Å²) in [6.45, 7) is 4.02. The van der Waals surface area contributed by atoms with Crippen molar-refractivity contribution in [3.8, 4) is 17.3 Å². The molecule has 0 spiro atoms. The van der Waals surface area contributed by atoms with E-state index in [1.807, 2.05) is 32.0 Å². The monoisotopic (exact) mass is 266 g/mol. The maximum Gasteiger partial charge on any atom is 0.181 e. The molecule has 5 heteroatoms. The van der Waals surface area contributed by atoms with Crippen LogP contribution in [0.4, 0.5) is 0 Å². The highest BCUT2D eigenvalue weighted by Gasteiger charge is 2.18. The van der Waals surface area contributed by atoms with Crippen LogP contribution in [0.15, 0.2) is 35.2 Å². The smallest absolute Gasteiger partial charge is 0.181 e. The highest BCUT2D eigenvalue weighted by atomic mass is 16.3. The van der Waals surface area contributed by atoms with Gasteiger partial charge < -0.3 is 9.40 Å². The fraction of sp³-hybridized carbons (Fsp3) is 0.267. The highest BCUT2D eigenvalue weighted by Crippen LogP contribution is 2.26. The first kappa shape index (κ1) is 12.4. The number of aromatic amines is 1. The van der Waals surface area contributed by atoms with Gasteiger partial charge in [0.25, 0.3) is 0 Å². The Morgan fingerprint density at radius 3 is 2.90 bits per heavy atom. The number of nitriles is 1. The molecular formula is C15H14N4O. The Balaban J connectivity index is 1.99. The summed E-state index contributed by atoms with van der Waals surface area (Å²) in [6.07, 6.45) is 3.18. The Bertz CT molecular complexity index is 778. The van der Waals surface area contributed by atoms with Gasteiger partial charge in [0.1, 0.15) is 17.3 Å². The van der Waals surface area contributed by atoms with Gasteiger partial charge in [0.05, 0.1) is 18.0 Å². The molecule has 2 aromatic heterocycles. The molecule has 0 aliphatic carbocycles. The van der Waals surface area contributed by atoms with Crippen molar-refractivity contribution in [2.24, 2.45) is 5.92 Å². The van der Waals surface area contributed by atoms with Crippen molar-refractivity contribution in [3.63, 3.8) is 0 Å². The molecule has 0 bridgehead atoms. The van der Waals surface area contributed by atoms with Crippen LogP contribution in [0.1, 0.15) is 25.6 Å². The third kappa shape index (κ3) is 2.05. The van der Waals surface area contributed by atoms with Gasteiger partial charge in [-0.15, -0.1) is 0 Å². The standard InChI is InChI=1S/C15H14N4O/c1-9(2)11(6-16)15-17-7-13(19-15)10-3-4-12-14(5-10)20-8-18-12/h3-5,7-9,11H,1-2H3,(H,17,19). The summed E-state index contributed by atoms with van der Waals surface area (Å²) in [6, 6.07) is 8.06. The molecule has 0 fully saturated rings. The van der Waals surface area contributed by atoms with E-state index in [0.717, 1.165) is 22.4 Å². The number of nitrogens with one attached hydrogen (secondary N) is 1. The lowest BCUT2D eigenvalue weighted by Gasteiger charge is -2.09. The van der Waals surface area contributed by atoms with Crippen molar-refractivity contribution >= 4 is 11.1 Å². The zero-order valence-corrected chi connectivity index (χ0v) is 11.3. The highest BCUT2D eigenvalue weighted by molar-refractivity contribution is 5.78. The van der Waals surface area contributed by atoms with Gasteiger partial charge in [0, 0.05) is 5.56 Å². The Labute approximate surface area is 116 Å². The molecule has 3 aromatic rings. The van der Waals surface area contributed by atoms with Gasteiger partial charge in [-0.2, -0.15) is 5.26 Å².